The Kier molecular flexibility index (Phi) is 6.12. The quantitative estimate of drug-likeness (QED) is 0.699. The van der Waals surface area contributed by atoms with E-state index in [1.165, 1.54) is 5.56 Å². The third kappa shape index (κ3) is 5.48. The summed E-state index contributed by atoms with van der Waals surface area (Å²) >= 11 is 0. The normalized spacial score (nSPS) is 12.8. The minimum atomic E-state index is -0.393. The molecule has 4 nitrogen and oxygen atoms in total. The van der Waals surface area contributed by atoms with Gasteiger partial charge in [0, 0.05) is 30.2 Å². The third-order valence-electron chi connectivity index (χ3n) is 4.01. The molecule has 0 aliphatic rings. The number of hydrogen-bond donors (Lipinski definition) is 3. The van der Waals surface area contributed by atoms with Crippen molar-refractivity contribution in [2.45, 2.75) is 38.9 Å². The molecule has 128 valence electrons. The number of benzene rings is 2. The first-order chi connectivity index (χ1) is 11.4. The lowest BCUT2D eigenvalue weighted by molar-refractivity contribution is 0.1000. The van der Waals surface area contributed by atoms with Crippen molar-refractivity contribution in [2.24, 2.45) is 5.73 Å². The molecule has 0 aliphatic heterocycles. The second kappa shape index (κ2) is 8.08. The molecule has 0 heterocycles. The number of nitrogens with two attached hydrogens (primary N) is 1. The highest BCUT2D eigenvalue weighted by Gasteiger charge is 2.20. The molecule has 0 unspecified atom stereocenters. The predicted molar refractivity (Wildman–Crippen MR) is 98.7 cm³/mol. The highest BCUT2D eigenvalue weighted by atomic mass is 16.1. The molecule has 2 aromatic carbocycles. The monoisotopic (exact) mass is 325 g/mol. The zero-order chi connectivity index (χ0) is 17.6. The first kappa shape index (κ1) is 18.2. The summed E-state index contributed by atoms with van der Waals surface area (Å²) in [5.74, 6) is -0.393. The van der Waals surface area contributed by atoms with E-state index in [1.54, 1.807) is 6.07 Å². The van der Waals surface area contributed by atoms with Gasteiger partial charge in [0.05, 0.1) is 0 Å². The van der Waals surface area contributed by atoms with Crippen LogP contribution in [0.1, 0.15) is 48.3 Å². The maximum atomic E-state index is 11.2. The molecular weight excluding hydrogens is 298 g/mol. The Morgan fingerprint density at radius 1 is 1.12 bits per heavy atom. The van der Waals surface area contributed by atoms with E-state index in [1.807, 2.05) is 24.3 Å². The van der Waals surface area contributed by atoms with Crippen LogP contribution in [0, 0.1) is 0 Å². The van der Waals surface area contributed by atoms with Gasteiger partial charge >= 0.3 is 0 Å². The zero-order valence-electron chi connectivity index (χ0n) is 14.7. The number of carbonyl (C=O) groups is 1. The first-order valence-electron chi connectivity index (χ1n) is 8.29. The van der Waals surface area contributed by atoms with Gasteiger partial charge in [0.25, 0.3) is 0 Å². The number of carbonyl (C=O) groups excluding carboxylic acids is 1. The molecule has 0 fully saturated rings. The molecule has 0 radical (unpaired) electrons. The summed E-state index contributed by atoms with van der Waals surface area (Å²) in [6.45, 7) is 8.04. The average Bonchev–Trinajstić information content (AvgIpc) is 2.55. The van der Waals surface area contributed by atoms with Gasteiger partial charge in [-0.15, -0.1) is 0 Å². The molecule has 0 saturated heterocycles. The lowest BCUT2D eigenvalue weighted by Gasteiger charge is -2.31. The summed E-state index contributed by atoms with van der Waals surface area (Å²) in [6, 6.07) is 18.1. The van der Waals surface area contributed by atoms with Crippen LogP contribution in [0.25, 0.3) is 0 Å². The van der Waals surface area contributed by atoms with Crippen LogP contribution in [0.4, 0.5) is 0 Å². The van der Waals surface area contributed by atoms with Gasteiger partial charge in [-0.05, 0) is 44.0 Å². The highest BCUT2D eigenvalue weighted by Crippen LogP contribution is 2.16. The van der Waals surface area contributed by atoms with Crippen molar-refractivity contribution in [3.8, 4) is 0 Å². The summed E-state index contributed by atoms with van der Waals surface area (Å²) in [5, 5.41) is 7.10. The van der Waals surface area contributed by atoms with Gasteiger partial charge in [0.15, 0.2) is 0 Å². The average molecular weight is 325 g/mol. The SMILES string of the molecule is C[C@H](NC(C)(C)CNCc1cccc(C(N)=O)c1)c1ccccc1. The van der Waals surface area contributed by atoms with E-state index in [-0.39, 0.29) is 11.6 Å². The van der Waals surface area contributed by atoms with Crippen LogP contribution in [0.3, 0.4) is 0 Å². The van der Waals surface area contributed by atoms with Crippen molar-refractivity contribution in [1.82, 2.24) is 10.6 Å². The van der Waals surface area contributed by atoms with Crippen LogP contribution in [0.2, 0.25) is 0 Å². The minimum Gasteiger partial charge on any atom is -0.366 e. The van der Waals surface area contributed by atoms with E-state index in [0.29, 0.717) is 12.1 Å². The molecule has 2 rings (SSSR count). The van der Waals surface area contributed by atoms with Crippen LogP contribution in [-0.4, -0.2) is 18.0 Å². The lowest BCUT2D eigenvalue weighted by Crippen LogP contribution is -2.48. The fourth-order valence-electron chi connectivity index (χ4n) is 2.82. The molecule has 4 heteroatoms. The molecule has 0 aliphatic carbocycles. The summed E-state index contributed by atoms with van der Waals surface area (Å²) < 4.78 is 0. The van der Waals surface area contributed by atoms with Crippen molar-refractivity contribution < 1.29 is 4.79 Å². The van der Waals surface area contributed by atoms with Crippen molar-refractivity contribution in [2.75, 3.05) is 6.54 Å². The van der Waals surface area contributed by atoms with Gasteiger partial charge in [0.2, 0.25) is 5.91 Å². The Morgan fingerprint density at radius 3 is 2.50 bits per heavy atom. The Hall–Kier alpha value is -2.17. The summed E-state index contributed by atoms with van der Waals surface area (Å²) in [6.07, 6.45) is 0. The molecule has 0 saturated carbocycles. The maximum Gasteiger partial charge on any atom is 0.248 e. The Bertz CT molecular complexity index is 668. The van der Waals surface area contributed by atoms with Crippen molar-refractivity contribution >= 4 is 5.91 Å². The van der Waals surface area contributed by atoms with E-state index in [2.05, 4.69) is 55.7 Å². The molecule has 1 amide bonds. The van der Waals surface area contributed by atoms with Crippen LogP contribution >= 0.6 is 0 Å². The molecule has 0 spiro atoms. The number of amides is 1. The van der Waals surface area contributed by atoms with Gasteiger partial charge in [-0.2, -0.15) is 0 Å². The van der Waals surface area contributed by atoms with E-state index in [9.17, 15) is 4.79 Å². The van der Waals surface area contributed by atoms with Crippen LogP contribution in [-0.2, 0) is 6.54 Å². The van der Waals surface area contributed by atoms with E-state index in [4.69, 9.17) is 5.73 Å². The molecule has 0 aromatic heterocycles. The largest absolute Gasteiger partial charge is 0.366 e. The summed E-state index contributed by atoms with van der Waals surface area (Å²) in [7, 11) is 0. The Balaban J connectivity index is 1.86. The van der Waals surface area contributed by atoms with Gasteiger partial charge < -0.3 is 16.4 Å². The summed E-state index contributed by atoms with van der Waals surface area (Å²) in [4.78, 5) is 11.2. The Labute approximate surface area is 144 Å². The van der Waals surface area contributed by atoms with Gasteiger partial charge in [0.1, 0.15) is 0 Å². The minimum absolute atomic E-state index is 0.0590. The second-order valence-corrected chi connectivity index (χ2v) is 6.83. The second-order valence-electron chi connectivity index (χ2n) is 6.83. The van der Waals surface area contributed by atoms with Gasteiger partial charge in [-0.1, -0.05) is 42.5 Å². The van der Waals surface area contributed by atoms with Crippen LogP contribution in [0.15, 0.2) is 54.6 Å². The topological polar surface area (TPSA) is 67.2 Å². The molecule has 0 bridgehead atoms. The zero-order valence-corrected chi connectivity index (χ0v) is 14.7. The van der Waals surface area contributed by atoms with E-state index < -0.39 is 5.91 Å². The van der Waals surface area contributed by atoms with E-state index in [0.717, 1.165) is 12.1 Å². The molecule has 2 aromatic rings. The molecule has 1 atom stereocenters. The maximum absolute atomic E-state index is 11.2. The highest BCUT2D eigenvalue weighted by molar-refractivity contribution is 5.92. The lowest BCUT2D eigenvalue weighted by atomic mass is 10.0. The summed E-state index contributed by atoms with van der Waals surface area (Å²) in [5.41, 5.74) is 8.14. The van der Waals surface area contributed by atoms with Crippen molar-refractivity contribution in [3.05, 3.63) is 71.3 Å². The fourth-order valence-corrected chi connectivity index (χ4v) is 2.82. The standard InChI is InChI=1S/C20H27N3O/c1-15(17-9-5-4-6-10-17)23-20(2,3)14-22-13-16-8-7-11-18(12-16)19(21)24/h4-12,15,22-23H,13-14H2,1-3H3,(H2,21,24)/t15-/m0/s1. The predicted octanol–water partition coefficient (Wildman–Crippen LogP) is 3.00. The number of hydrogen-bond acceptors (Lipinski definition) is 3. The number of nitrogens with one attached hydrogen (secondary N) is 2. The molecule has 24 heavy (non-hydrogen) atoms. The van der Waals surface area contributed by atoms with Crippen LogP contribution < -0.4 is 16.4 Å². The smallest absolute Gasteiger partial charge is 0.248 e. The molecular formula is C20H27N3O. The number of primary amides is 1. The van der Waals surface area contributed by atoms with Gasteiger partial charge in [-0.3, -0.25) is 4.79 Å². The molecule has 4 N–H and O–H groups in total. The van der Waals surface area contributed by atoms with Crippen molar-refractivity contribution in [3.63, 3.8) is 0 Å². The van der Waals surface area contributed by atoms with Crippen LogP contribution in [0.5, 0.6) is 0 Å². The Morgan fingerprint density at radius 2 is 1.83 bits per heavy atom. The van der Waals surface area contributed by atoms with E-state index >= 15 is 0 Å². The van der Waals surface area contributed by atoms with Gasteiger partial charge in [-0.25, -0.2) is 0 Å². The fraction of sp³-hybridized carbons (Fsp3) is 0.350. The third-order valence-corrected chi connectivity index (χ3v) is 4.01. The first-order valence-corrected chi connectivity index (χ1v) is 8.29. The van der Waals surface area contributed by atoms with Crippen molar-refractivity contribution in [1.29, 1.82) is 0 Å². The number of rotatable bonds is 8.